The maximum atomic E-state index is 10.6. The van der Waals surface area contributed by atoms with Gasteiger partial charge in [0.1, 0.15) is 0 Å². The zero-order valence-electron chi connectivity index (χ0n) is 7.99. The minimum absolute atomic E-state index is 0. The van der Waals surface area contributed by atoms with Gasteiger partial charge < -0.3 is 10.4 Å². The first-order valence-electron chi connectivity index (χ1n) is 3.86. The summed E-state index contributed by atoms with van der Waals surface area (Å²) in [6.45, 7) is 0.259. The molecule has 0 aromatic heterocycles. The fourth-order valence-electron chi connectivity index (χ4n) is 0.827. The van der Waals surface area contributed by atoms with Crippen LogP contribution in [-0.4, -0.2) is 12.2 Å². The Labute approximate surface area is 106 Å². The maximum absolute atomic E-state index is 10.6. The van der Waals surface area contributed by atoms with Crippen LogP contribution in [-0.2, 0) is 39.3 Å². The van der Waals surface area contributed by atoms with Gasteiger partial charge in [-0.15, -0.1) is 0 Å². The van der Waals surface area contributed by atoms with Crippen molar-refractivity contribution in [2.45, 2.75) is 6.61 Å². The second-order valence-electron chi connectivity index (χ2n) is 2.33. The Kier molecular flexibility index (Phi) is 5.73. The van der Waals surface area contributed by atoms with Gasteiger partial charge >= 0.3 is 0 Å². The summed E-state index contributed by atoms with van der Waals surface area (Å²) >= 11 is 0. The third kappa shape index (κ3) is 4.82. The number of benzene rings is 1. The van der Waals surface area contributed by atoms with Gasteiger partial charge in [-0.2, -0.15) is 0 Å². The molecule has 0 spiro atoms. The van der Waals surface area contributed by atoms with E-state index in [0.717, 1.165) is 11.3 Å². The number of aliphatic hydroxyl groups excluding tert-OH is 1. The van der Waals surface area contributed by atoms with Crippen molar-refractivity contribution in [1.82, 2.24) is 0 Å². The normalized spacial score (nSPS) is 9.77. The van der Waals surface area contributed by atoms with Crippen LogP contribution in [0, 0.1) is 0 Å². The molecule has 1 unspecified atom stereocenters. The molecule has 0 bridgehead atoms. The molecule has 0 heterocycles. The second kappa shape index (κ2) is 6.61. The molecular weight excluding hydrogens is 262 g/mol. The summed E-state index contributed by atoms with van der Waals surface area (Å²) in [5, 5.41) is 6.82. The Morgan fingerprint density at radius 2 is 2.15 bits per heavy atom. The van der Waals surface area contributed by atoms with E-state index in [0.29, 0.717) is 0 Å². The number of hydrogen-bond donors (Lipinski definition) is 2. The van der Waals surface area contributed by atoms with Gasteiger partial charge in [-0.05, 0) is 26.9 Å². The third-order valence-electron chi connectivity index (χ3n) is 1.39. The molecular formula is C8H10NO2PY. The molecule has 1 atom stereocenters. The van der Waals surface area contributed by atoms with Crippen LogP contribution in [0.25, 0.3) is 0 Å². The molecule has 1 aromatic carbocycles. The number of hydrogen-bond acceptors (Lipinski definition) is 2. The molecule has 0 saturated carbocycles. The van der Waals surface area contributed by atoms with E-state index < -0.39 is 0 Å². The molecule has 67 valence electrons. The number of anilines is 1. The van der Waals surface area contributed by atoms with Crippen LogP contribution in [0.2, 0.25) is 0 Å². The van der Waals surface area contributed by atoms with Crippen molar-refractivity contribution < 1.29 is 42.6 Å². The minimum Gasteiger partial charge on any atom is -0.392 e. The predicted octanol–water partition coefficient (Wildman–Crippen LogP) is 1.58. The van der Waals surface area contributed by atoms with E-state index in [4.69, 9.17) is 1.43 Å². The smallest absolute Gasteiger partial charge is 0.239 e. The zero-order valence-corrected chi connectivity index (χ0v) is 11.0. The molecule has 0 aliphatic carbocycles. The van der Waals surface area contributed by atoms with Crippen LogP contribution >= 0.6 is 9.24 Å². The molecule has 0 aliphatic heterocycles. The van der Waals surface area contributed by atoms with Crippen LogP contribution < -0.4 is 5.32 Å². The Balaban J connectivity index is 0.00000169. The van der Waals surface area contributed by atoms with Crippen molar-refractivity contribution in [3.8, 4) is 0 Å². The van der Waals surface area contributed by atoms with Gasteiger partial charge in [-0.1, -0.05) is 12.1 Å². The first-order chi connectivity index (χ1) is 6.22. The minimum atomic E-state index is -0.176. The van der Waals surface area contributed by atoms with E-state index in [9.17, 15) is 4.79 Å². The van der Waals surface area contributed by atoms with E-state index in [1.807, 2.05) is 9.24 Å². The van der Waals surface area contributed by atoms with Crippen LogP contribution in [0.15, 0.2) is 24.3 Å². The number of rotatable bonds is 3. The van der Waals surface area contributed by atoms with Crippen molar-refractivity contribution in [3.05, 3.63) is 29.8 Å². The molecule has 5 heteroatoms. The Bertz CT molecular complexity index is 294. The third-order valence-corrected chi connectivity index (χ3v) is 1.53. The van der Waals surface area contributed by atoms with Gasteiger partial charge in [0.2, 0.25) is 7.08 Å². The number of amides is 1. The van der Waals surface area contributed by atoms with Crippen molar-refractivity contribution in [1.29, 1.82) is 1.43 Å². The summed E-state index contributed by atoms with van der Waals surface area (Å²) in [5.74, 6) is 0. The largest absolute Gasteiger partial charge is 0.392 e. The van der Waals surface area contributed by atoms with E-state index in [-0.39, 0.29) is 45.0 Å². The molecule has 1 aromatic rings. The maximum Gasteiger partial charge on any atom is 0.239 e. The number of carbonyl (C=O) groups is 1. The first kappa shape index (κ1) is 11.3. The number of carbonyl (C=O) groups excluding carboxylic acids is 1. The molecule has 0 saturated heterocycles. The summed E-state index contributed by atoms with van der Waals surface area (Å²) in [6, 6.07) is 7.11. The molecule has 2 N–H and O–H groups in total. The van der Waals surface area contributed by atoms with E-state index in [2.05, 4.69) is 10.4 Å². The van der Waals surface area contributed by atoms with Crippen LogP contribution in [0.4, 0.5) is 10.5 Å². The molecule has 1 radical (unpaired) electrons. The fourth-order valence-corrected chi connectivity index (χ4v) is 0.993. The first-order valence-corrected chi connectivity index (χ1v) is 4.03. The molecule has 3 nitrogen and oxygen atoms in total. The number of aliphatic hydroxyl groups is 1. The molecule has 1 amide bonds. The van der Waals surface area contributed by atoms with Gasteiger partial charge in [0.25, 0.3) is 0 Å². The predicted molar refractivity (Wildman–Crippen MR) is 51.1 cm³/mol. The Morgan fingerprint density at radius 3 is 2.62 bits per heavy atom. The van der Waals surface area contributed by atoms with Crippen molar-refractivity contribution in [2.75, 3.05) is 5.32 Å². The van der Waals surface area contributed by atoms with Gasteiger partial charge in [0.15, 0.2) is 0 Å². The zero-order chi connectivity index (χ0) is 9.68. The summed E-state index contributed by atoms with van der Waals surface area (Å²) in [7, 11) is 2.04. The average Bonchev–Trinajstić information content (AvgIpc) is 2.08. The average molecular weight is 273 g/mol. The molecule has 1 rings (SSSR count). The Morgan fingerprint density at radius 1 is 1.54 bits per heavy atom. The molecule has 0 aliphatic rings. The molecule has 0 fully saturated rings. The summed E-state index contributed by atoms with van der Waals surface area (Å²) in [5.41, 5.74) is 1.45. The topological polar surface area (TPSA) is 49.3 Å². The van der Waals surface area contributed by atoms with E-state index in [1.165, 1.54) is 0 Å². The van der Waals surface area contributed by atoms with E-state index >= 15 is 0 Å². The Hall–Kier alpha value is 0.184. The van der Waals surface area contributed by atoms with Crippen molar-refractivity contribution >= 4 is 20.6 Å². The summed E-state index contributed by atoms with van der Waals surface area (Å²) < 4.78 is 6.53. The quantitative estimate of drug-likeness (QED) is 0.821. The fraction of sp³-hybridized carbons (Fsp3) is 0.125. The number of nitrogens with one attached hydrogen (secondary N) is 1. The van der Waals surface area contributed by atoms with Crippen molar-refractivity contribution in [2.24, 2.45) is 0 Å². The van der Waals surface area contributed by atoms with Crippen molar-refractivity contribution in [3.63, 3.8) is 0 Å². The second-order valence-corrected chi connectivity index (χ2v) is 2.85. The van der Waals surface area contributed by atoms with Gasteiger partial charge in [0, 0.05) is 38.4 Å². The monoisotopic (exact) mass is 273 g/mol. The standard InChI is InChI=1S/C8H10NO2P.Y/c10-5-6-1-3-7(4-2-6)9-8(11)12;/h1-4,10H,5,12H2,(H,9,11);/i10D;. The van der Waals surface area contributed by atoms with Crippen LogP contribution in [0.1, 0.15) is 5.56 Å². The summed E-state index contributed by atoms with van der Waals surface area (Å²) in [6.07, 6.45) is 0. The SMILES string of the molecule is [2H]OCc1ccc(NC(=O)P)cc1.[Y]. The van der Waals surface area contributed by atoms with E-state index in [1.54, 1.807) is 24.3 Å². The van der Waals surface area contributed by atoms with Crippen LogP contribution in [0.5, 0.6) is 0 Å². The van der Waals surface area contributed by atoms with Gasteiger partial charge in [-0.3, -0.25) is 4.79 Å². The molecule has 13 heavy (non-hydrogen) atoms. The van der Waals surface area contributed by atoms with Gasteiger partial charge in [-0.25, -0.2) is 0 Å². The summed E-state index contributed by atoms with van der Waals surface area (Å²) in [4.78, 5) is 10.6. The van der Waals surface area contributed by atoms with Gasteiger partial charge in [0.05, 0.1) is 6.61 Å². The van der Waals surface area contributed by atoms with Crippen LogP contribution in [0.3, 0.4) is 0 Å².